The number of rotatable bonds is 2. The first kappa shape index (κ1) is 9.03. The topological polar surface area (TPSA) is 57.9 Å². The Kier molecular flexibility index (Phi) is 1.77. The summed E-state index contributed by atoms with van der Waals surface area (Å²) in [5, 5.41) is 2.06. The van der Waals surface area contributed by atoms with Crippen molar-refractivity contribution < 1.29 is 9.53 Å². The summed E-state index contributed by atoms with van der Waals surface area (Å²) >= 11 is 0. The lowest BCUT2D eigenvalue weighted by Gasteiger charge is -1.99. The van der Waals surface area contributed by atoms with Crippen LogP contribution in [0.3, 0.4) is 0 Å². The Hall–Kier alpha value is -2.23. The number of carbonyl (C=O) groups excluding carboxylic acids is 1. The lowest BCUT2D eigenvalue weighted by atomic mass is 10.2. The second kappa shape index (κ2) is 3.13. The second-order valence-electron chi connectivity index (χ2n) is 3.64. The summed E-state index contributed by atoms with van der Waals surface area (Å²) in [5.41, 5.74) is 2.37. The van der Waals surface area contributed by atoms with Gasteiger partial charge in [-0.25, -0.2) is 0 Å². The van der Waals surface area contributed by atoms with Gasteiger partial charge in [0.1, 0.15) is 11.4 Å². The van der Waals surface area contributed by atoms with Gasteiger partial charge in [-0.2, -0.15) is 0 Å². The fraction of sp³-hybridized carbons (Fsp3) is 0.0833. The first-order valence-corrected chi connectivity index (χ1v) is 4.96. The summed E-state index contributed by atoms with van der Waals surface area (Å²) in [6, 6.07) is 7.67. The molecular formula is C12H10N2O2. The molecule has 16 heavy (non-hydrogen) atoms. The molecule has 0 fully saturated rings. The van der Waals surface area contributed by atoms with E-state index in [1.54, 1.807) is 7.11 Å². The number of nitrogens with one attached hydrogen (secondary N) is 2. The van der Waals surface area contributed by atoms with Crippen LogP contribution in [0.4, 0.5) is 0 Å². The van der Waals surface area contributed by atoms with Crippen LogP contribution in [-0.2, 0) is 0 Å². The van der Waals surface area contributed by atoms with Crippen LogP contribution < -0.4 is 4.74 Å². The minimum atomic E-state index is 0.575. The molecule has 0 spiro atoms. The maximum absolute atomic E-state index is 10.7. The minimum absolute atomic E-state index is 0.575. The third kappa shape index (κ3) is 1.07. The fourth-order valence-corrected chi connectivity index (χ4v) is 2.03. The first-order valence-electron chi connectivity index (χ1n) is 4.96. The molecule has 3 aromatic rings. The van der Waals surface area contributed by atoms with Crippen molar-refractivity contribution in [2.45, 2.75) is 0 Å². The van der Waals surface area contributed by atoms with Crippen molar-refractivity contribution in [2.24, 2.45) is 0 Å². The molecule has 0 aliphatic carbocycles. The Morgan fingerprint density at radius 3 is 2.88 bits per heavy atom. The Balaban J connectivity index is 2.43. The maximum atomic E-state index is 10.7. The molecule has 2 heterocycles. The number of H-pyrrole nitrogens is 2. The number of hydrogen-bond acceptors (Lipinski definition) is 2. The summed E-state index contributed by atoms with van der Waals surface area (Å²) in [5.74, 6) is 0.801. The molecule has 4 heteroatoms. The maximum Gasteiger partial charge on any atom is 0.166 e. The lowest BCUT2D eigenvalue weighted by Crippen LogP contribution is -1.84. The molecule has 4 nitrogen and oxygen atoms in total. The zero-order chi connectivity index (χ0) is 11.1. The molecule has 3 rings (SSSR count). The highest BCUT2D eigenvalue weighted by Crippen LogP contribution is 2.31. The molecule has 0 saturated heterocycles. The monoisotopic (exact) mass is 214 g/mol. The van der Waals surface area contributed by atoms with Gasteiger partial charge >= 0.3 is 0 Å². The summed E-state index contributed by atoms with van der Waals surface area (Å²) in [7, 11) is 1.64. The van der Waals surface area contributed by atoms with Gasteiger partial charge in [0.25, 0.3) is 0 Å². The van der Waals surface area contributed by atoms with Gasteiger partial charge in [-0.3, -0.25) is 4.79 Å². The SMILES string of the molecule is COc1cccc2c1[nH]c1[nH]c(C=O)cc12. The number of aromatic amines is 2. The van der Waals surface area contributed by atoms with Crippen molar-refractivity contribution in [3.8, 4) is 5.75 Å². The molecule has 0 bridgehead atoms. The standard InChI is InChI=1S/C12H10N2O2/c1-16-10-4-2-3-8-9-5-7(6-15)13-12(9)14-11(8)10/h2-6,13-14H,1H3. The average Bonchev–Trinajstić information content (AvgIpc) is 2.85. The zero-order valence-corrected chi connectivity index (χ0v) is 8.70. The van der Waals surface area contributed by atoms with Gasteiger partial charge in [0.05, 0.1) is 18.3 Å². The number of benzene rings is 1. The molecule has 0 aliphatic rings. The van der Waals surface area contributed by atoms with Crippen LogP contribution in [0.5, 0.6) is 5.75 Å². The van der Waals surface area contributed by atoms with E-state index < -0.39 is 0 Å². The smallest absolute Gasteiger partial charge is 0.166 e. The predicted molar refractivity (Wildman–Crippen MR) is 62.1 cm³/mol. The molecule has 2 N–H and O–H groups in total. The van der Waals surface area contributed by atoms with Crippen LogP contribution in [0.25, 0.3) is 21.9 Å². The van der Waals surface area contributed by atoms with Crippen molar-refractivity contribution in [3.63, 3.8) is 0 Å². The molecule has 0 saturated carbocycles. The average molecular weight is 214 g/mol. The van der Waals surface area contributed by atoms with Crippen LogP contribution >= 0.6 is 0 Å². The molecule has 0 aliphatic heterocycles. The highest BCUT2D eigenvalue weighted by atomic mass is 16.5. The van der Waals surface area contributed by atoms with Crippen molar-refractivity contribution in [3.05, 3.63) is 30.0 Å². The van der Waals surface area contributed by atoms with E-state index in [0.29, 0.717) is 5.69 Å². The largest absolute Gasteiger partial charge is 0.495 e. The van der Waals surface area contributed by atoms with Gasteiger partial charge in [-0.1, -0.05) is 12.1 Å². The van der Waals surface area contributed by atoms with E-state index in [2.05, 4.69) is 9.97 Å². The highest BCUT2D eigenvalue weighted by Gasteiger charge is 2.10. The number of methoxy groups -OCH3 is 1. The first-order chi connectivity index (χ1) is 7.83. The number of ether oxygens (including phenoxy) is 1. The van der Waals surface area contributed by atoms with E-state index in [0.717, 1.165) is 34.0 Å². The predicted octanol–water partition coefficient (Wildman–Crippen LogP) is 2.47. The zero-order valence-electron chi connectivity index (χ0n) is 8.70. The third-order valence-electron chi connectivity index (χ3n) is 2.75. The number of hydrogen-bond donors (Lipinski definition) is 2. The van der Waals surface area contributed by atoms with Crippen LogP contribution in [0.15, 0.2) is 24.3 Å². The van der Waals surface area contributed by atoms with Gasteiger partial charge in [0.15, 0.2) is 6.29 Å². The van der Waals surface area contributed by atoms with Crippen molar-refractivity contribution in [1.82, 2.24) is 9.97 Å². The Morgan fingerprint density at radius 2 is 2.12 bits per heavy atom. The minimum Gasteiger partial charge on any atom is -0.495 e. The van der Waals surface area contributed by atoms with E-state index in [4.69, 9.17) is 4.74 Å². The molecule has 0 radical (unpaired) electrons. The van der Waals surface area contributed by atoms with Crippen molar-refractivity contribution in [1.29, 1.82) is 0 Å². The number of aromatic nitrogens is 2. The van der Waals surface area contributed by atoms with Gasteiger partial charge in [0, 0.05) is 10.8 Å². The number of fused-ring (bicyclic) bond motifs is 3. The molecule has 0 amide bonds. The molecular weight excluding hydrogens is 204 g/mol. The summed E-state index contributed by atoms with van der Waals surface area (Å²) in [6.07, 6.45) is 0.805. The van der Waals surface area contributed by atoms with E-state index in [9.17, 15) is 4.79 Å². The summed E-state index contributed by atoms with van der Waals surface area (Å²) in [6.45, 7) is 0. The quantitative estimate of drug-likeness (QED) is 0.644. The van der Waals surface area contributed by atoms with Crippen molar-refractivity contribution >= 4 is 28.2 Å². The second-order valence-corrected chi connectivity index (χ2v) is 3.64. The molecule has 2 aromatic heterocycles. The van der Waals surface area contributed by atoms with E-state index >= 15 is 0 Å². The van der Waals surface area contributed by atoms with E-state index in [-0.39, 0.29) is 0 Å². The van der Waals surface area contributed by atoms with Gasteiger partial charge in [0.2, 0.25) is 0 Å². The Bertz CT molecular complexity index is 679. The van der Waals surface area contributed by atoms with Crippen molar-refractivity contribution in [2.75, 3.05) is 7.11 Å². The normalized spacial score (nSPS) is 11.1. The number of para-hydroxylation sites is 1. The highest BCUT2D eigenvalue weighted by molar-refractivity contribution is 6.09. The van der Waals surface area contributed by atoms with Crippen LogP contribution in [0.1, 0.15) is 10.5 Å². The summed E-state index contributed by atoms with van der Waals surface area (Å²) in [4.78, 5) is 16.9. The summed E-state index contributed by atoms with van der Waals surface area (Å²) < 4.78 is 5.27. The van der Waals surface area contributed by atoms with Crippen LogP contribution in [0.2, 0.25) is 0 Å². The molecule has 0 atom stereocenters. The van der Waals surface area contributed by atoms with Gasteiger partial charge < -0.3 is 14.7 Å². The number of aldehydes is 1. The molecule has 80 valence electrons. The van der Waals surface area contributed by atoms with Crippen LogP contribution in [0, 0.1) is 0 Å². The van der Waals surface area contributed by atoms with E-state index in [1.165, 1.54) is 0 Å². The third-order valence-corrected chi connectivity index (χ3v) is 2.75. The van der Waals surface area contributed by atoms with Gasteiger partial charge in [-0.05, 0) is 12.1 Å². The molecule has 0 unspecified atom stereocenters. The number of carbonyl (C=O) groups is 1. The van der Waals surface area contributed by atoms with E-state index in [1.807, 2.05) is 24.3 Å². The Labute approximate surface area is 91.2 Å². The fourth-order valence-electron chi connectivity index (χ4n) is 2.03. The van der Waals surface area contributed by atoms with Gasteiger partial charge in [-0.15, -0.1) is 0 Å². The molecule has 1 aromatic carbocycles. The van der Waals surface area contributed by atoms with Crippen LogP contribution in [-0.4, -0.2) is 23.4 Å². The lowest BCUT2D eigenvalue weighted by molar-refractivity contribution is 0.112. The Morgan fingerprint density at radius 1 is 1.25 bits per heavy atom.